The maximum atomic E-state index is 5.09. The lowest BCUT2D eigenvalue weighted by molar-refractivity contribution is 1.04. The van der Waals surface area contributed by atoms with E-state index in [0.29, 0.717) is 5.95 Å². The van der Waals surface area contributed by atoms with Crippen LogP contribution in [0.3, 0.4) is 0 Å². The third-order valence-corrected chi connectivity index (χ3v) is 1.35. The van der Waals surface area contributed by atoms with E-state index < -0.39 is 0 Å². The van der Waals surface area contributed by atoms with Crippen molar-refractivity contribution in [2.45, 2.75) is 13.8 Å². The van der Waals surface area contributed by atoms with E-state index in [0.717, 1.165) is 11.3 Å². The number of nitrogens with zero attached hydrogens (tertiary/aromatic N) is 2. The normalized spacial score (nSPS) is 9.50. The Bertz CT molecular complexity index is 233. The maximum Gasteiger partial charge on any atom is 0.237 e. The zero-order chi connectivity index (χ0) is 7.56. The largest absolute Gasteiger partial charge is 0.292 e. The minimum absolute atomic E-state index is 0.461. The first-order chi connectivity index (χ1) is 4.74. The molecule has 0 bridgehead atoms. The Kier molecular flexibility index (Phi) is 1.82. The topological polar surface area (TPSA) is 63.8 Å². The Balaban J connectivity index is 3.04. The molecule has 0 aliphatic heterocycles. The van der Waals surface area contributed by atoms with Crippen LogP contribution in [0.2, 0.25) is 0 Å². The fourth-order valence-corrected chi connectivity index (χ4v) is 0.597. The lowest BCUT2D eigenvalue weighted by Crippen LogP contribution is -2.11. The molecule has 0 spiro atoms. The number of hydrogen-bond acceptors (Lipinski definition) is 4. The van der Waals surface area contributed by atoms with E-state index in [4.69, 9.17) is 5.84 Å². The second-order valence-corrected chi connectivity index (χ2v) is 2.11. The molecular weight excluding hydrogens is 128 g/mol. The molecule has 0 aliphatic carbocycles. The molecule has 1 heterocycles. The van der Waals surface area contributed by atoms with Gasteiger partial charge in [0.2, 0.25) is 5.95 Å². The molecule has 4 nitrogen and oxygen atoms in total. The van der Waals surface area contributed by atoms with Crippen LogP contribution in [0.15, 0.2) is 6.20 Å². The predicted octanol–water partition coefficient (Wildman–Crippen LogP) is 0.379. The van der Waals surface area contributed by atoms with Crippen molar-refractivity contribution in [3.05, 3.63) is 17.5 Å². The smallest absolute Gasteiger partial charge is 0.237 e. The molecule has 54 valence electrons. The van der Waals surface area contributed by atoms with Gasteiger partial charge in [-0.25, -0.2) is 15.8 Å². The third kappa shape index (κ3) is 1.22. The summed E-state index contributed by atoms with van der Waals surface area (Å²) < 4.78 is 0. The number of hydrazine groups is 1. The molecule has 0 atom stereocenters. The highest BCUT2D eigenvalue weighted by Gasteiger charge is 1.95. The van der Waals surface area contributed by atoms with Crippen molar-refractivity contribution in [2.75, 3.05) is 5.43 Å². The number of nitrogens with one attached hydrogen (secondary N) is 1. The van der Waals surface area contributed by atoms with Crippen LogP contribution in [0.1, 0.15) is 11.3 Å². The van der Waals surface area contributed by atoms with Gasteiger partial charge in [0, 0.05) is 11.9 Å². The Morgan fingerprint density at radius 1 is 1.50 bits per heavy atom. The van der Waals surface area contributed by atoms with Crippen LogP contribution in [-0.4, -0.2) is 9.97 Å². The lowest BCUT2D eigenvalue weighted by Gasteiger charge is -2.00. The minimum Gasteiger partial charge on any atom is -0.292 e. The van der Waals surface area contributed by atoms with E-state index in [1.54, 1.807) is 6.20 Å². The van der Waals surface area contributed by atoms with E-state index in [1.807, 2.05) is 13.8 Å². The highest BCUT2D eigenvalue weighted by atomic mass is 15.3. The van der Waals surface area contributed by atoms with Crippen molar-refractivity contribution in [1.82, 2.24) is 9.97 Å². The third-order valence-electron chi connectivity index (χ3n) is 1.35. The molecule has 0 saturated carbocycles. The van der Waals surface area contributed by atoms with Crippen molar-refractivity contribution in [1.29, 1.82) is 0 Å². The van der Waals surface area contributed by atoms with Crippen LogP contribution >= 0.6 is 0 Å². The van der Waals surface area contributed by atoms with Gasteiger partial charge in [-0.05, 0) is 19.4 Å². The van der Waals surface area contributed by atoms with Gasteiger partial charge in [0.1, 0.15) is 0 Å². The van der Waals surface area contributed by atoms with Crippen LogP contribution in [0, 0.1) is 13.8 Å². The van der Waals surface area contributed by atoms with Gasteiger partial charge in [-0.15, -0.1) is 0 Å². The minimum atomic E-state index is 0.461. The van der Waals surface area contributed by atoms with Gasteiger partial charge < -0.3 is 0 Å². The fourth-order valence-electron chi connectivity index (χ4n) is 0.597. The van der Waals surface area contributed by atoms with Crippen molar-refractivity contribution in [3.8, 4) is 0 Å². The van der Waals surface area contributed by atoms with Crippen LogP contribution in [0.4, 0.5) is 5.95 Å². The molecular formula is C6H10N4. The summed E-state index contributed by atoms with van der Waals surface area (Å²) in [5.41, 5.74) is 4.39. The van der Waals surface area contributed by atoms with Crippen LogP contribution in [0.25, 0.3) is 0 Å². The first-order valence-electron chi connectivity index (χ1n) is 3.01. The molecule has 0 aliphatic rings. The summed E-state index contributed by atoms with van der Waals surface area (Å²) in [6, 6.07) is 0. The van der Waals surface area contributed by atoms with E-state index in [-0.39, 0.29) is 0 Å². The summed E-state index contributed by atoms with van der Waals surface area (Å²) in [5, 5.41) is 0. The quantitative estimate of drug-likeness (QED) is 0.435. The number of aryl methyl sites for hydroxylation is 2. The molecule has 0 fully saturated rings. The number of nitrogen functional groups attached to an aromatic ring is 1. The summed E-state index contributed by atoms with van der Waals surface area (Å²) >= 11 is 0. The Morgan fingerprint density at radius 2 is 2.20 bits per heavy atom. The zero-order valence-electron chi connectivity index (χ0n) is 6.05. The standard InChI is InChI=1S/C6H10N4/c1-4-3-8-6(10-7)9-5(4)2/h3H,7H2,1-2H3,(H,8,9,10). The fraction of sp³-hybridized carbons (Fsp3) is 0.333. The number of rotatable bonds is 1. The maximum absolute atomic E-state index is 5.09. The summed E-state index contributed by atoms with van der Waals surface area (Å²) in [7, 11) is 0. The van der Waals surface area contributed by atoms with Gasteiger partial charge in [0.15, 0.2) is 0 Å². The molecule has 1 rings (SSSR count). The first kappa shape index (κ1) is 6.95. The van der Waals surface area contributed by atoms with Gasteiger partial charge in [-0.2, -0.15) is 0 Å². The molecule has 0 amide bonds. The van der Waals surface area contributed by atoms with Crippen LogP contribution in [0.5, 0.6) is 0 Å². The molecule has 3 N–H and O–H groups in total. The molecule has 0 saturated heterocycles. The lowest BCUT2D eigenvalue weighted by atomic mass is 10.3. The Morgan fingerprint density at radius 3 is 2.70 bits per heavy atom. The van der Waals surface area contributed by atoms with Gasteiger partial charge in [-0.3, -0.25) is 5.43 Å². The Hall–Kier alpha value is -1.16. The highest BCUT2D eigenvalue weighted by Crippen LogP contribution is 2.02. The monoisotopic (exact) mass is 138 g/mol. The van der Waals surface area contributed by atoms with Crippen molar-refractivity contribution >= 4 is 5.95 Å². The number of hydrogen-bond donors (Lipinski definition) is 2. The summed E-state index contributed by atoms with van der Waals surface area (Å²) in [6.45, 7) is 3.87. The number of nitrogens with two attached hydrogens (primary N) is 1. The highest BCUT2D eigenvalue weighted by molar-refractivity contribution is 5.26. The molecule has 0 aromatic carbocycles. The molecule has 4 heteroatoms. The van der Waals surface area contributed by atoms with Gasteiger partial charge in [0.25, 0.3) is 0 Å². The van der Waals surface area contributed by atoms with Gasteiger partial charge in [0.05, 0.1) is 0 Å². The summed E-state index contributed by atoms with van der Waals surface area (Å²) in [6.07, 6.45) is 1.73. The molecule has 10 heavy (non-hydrogen) atoms. The average molecular weight is 138 g/mol. The van der Waals surface area contributed by atoms with E-state index in [2.05, 4.69) is 15.4 Å². The van der Waals surface area contributed by atoms with Crippen molar-refractivity contribution in [3.63, 3.8) is 0 Å². The van der Waals surface area contributed by atoms with Gasteiger partial charge >= 0.3 is 0 Å². The molecule has 0 unspecified atom stereocenters. The molecule has 1 aromatic rings. The van der Waals surface area contributed by atoms with E-state index >= 15 is 0 Å². The molecule has 0 radical (unpaired) electrons. The zero-order valence-corrected chi connectivity index (χ0v) is 6.05. The number of aromatic nitrogens is 2. The molecule has 1 aromatic heterocycles. The summed E-state index contributed by atoms with van der Waals surface area (Å²) in [4.78, 5) is 7.95. The second-order valence-electron chi connectivity index (χ2n) is 2.11. The second kappa shape index (κ2) is 2.62. The van der Waals surface area contributed by atoms with E-state index in [1.165, 1.54) is 0 Å². The van der Waals surface area contributed by atoms with Crippen LogP contribution in [-0.2, 0) is 0 Å². The number of anilines is 1. The summed E-state index contributed by atoms with van der Waals surface area (Å²) in [5.74, 6) is 5.55. The SMILES string of the molecule is Cc1cnc(NN)nc1C. The van der Waals surface area contributed by atoms with Crippen molar-refractivity contribution < 1.29 is 0 Å². The van der Waals surface area contributed by atoms with E-state index in [9.17, 15) is 0 Å². The van der Waals surface area contributed by atoms with Crippen LogP contribution < -0.4 is 11.3 Å². The van der Waals surface area contributed by atoms with Gasteiger partial charge in [-0.1, -0.05) is 0 Å². The Labute approximate surface area is 59.5 Å². The average Bonchev–Trinajstić information content (AvgIpc) is 1.95. The predicted molar refractivity (Wildman–Crippen MR) is 39.3 cm³/mol. The first-order valence-corrected chi connectivity index (χ1v) is 3.01. The van der Waals surface area contributed by atoms with Crippen molar-refractivity contribution in [2.24, 2.45) is 5.84 Å².